The third kappa shape index (κ3) is 4.45. The van der Waals surface area contributed by atoms with Gasteiger partial charge in [0.1, 0.15) is 5.75 Å². The molecule has 8 nitrogen and oxygen atoms in total. The number of benzene rings is 1. The van der Waals surface area contributed by atoms with E-state index in [-0.39, 0.29) is 18.5 Å². The molecule has 1 amide bonds. The average molecular weight is 356 g/mol. The van der Waals surface area contributed by atoms with Gasteiger partial charge in [-0.1, -0.05) is 6.07 Å². The van der Waals surface area contributed by atoms with E-state index in [0.717, 1.165) is 6.26 Å². The molecule has 0 radical (unpaired) electrons. The van der Waals surface area contributed by atoms with Crippen LogP contribution in [0.2, 0.25) is 0 Å². The minimum absolute atomic E-state index is 0.240. The van der Waals surface area contributed by atoms with Crippen molar-refractivity contribution in [3.63, 3.8) is 0 Å². The first-order chi connectivity index (χ1) is 11.2. The Bertz CT molecular complexity index is 733. The van der Waals surface area contributed by atoms with Crippen LogP contribution in [0.15, 0.2) is 24.3 Å². The van der Waals surface area contributed by atoms with Gasteiger partial charge in [-0.2, -0.15) is 4.31 Å². The molecule has 1 aliphatic rings. The summed E-state index contributed by atoms with van der Waals surface area (Å²) in [5.74, 6) is -1.04. The highest BCUT2D eigenvalue weighted by atomic mass is 32.2. The Morgan fingerprint density at radius 1 is 1.33 bits per heavy atom. The molecule has 0 spiro atoms. The number of rotatable bonds is 5. The number of amides is 1. The molecule has 1 saturated heterocycles. The number of hydrogen-bond donors (Lipinski definition) is 1. The molecule has 0 bridgehead atoms. The number of carbonyl (C=O) groups is 2. The highest BCUT2D eigenvalue weighted by molar-refractivity contribution is 7.88. The van der Waals surface area contributed by atoms with Gasteiger partial charge in [0.25, 0.3) is 5.91 Å². The molecule has 1 heterocycles. The lowest BCUT2D eigenvalue weighted by atomic mass is 10.1. The number of piperazine rings is 1. The average Bonchev–Trinajstić information content (AvgIpc) is 2.51. The van der Waals surface area contributed by atoms with Crippen LogP contribution in [0.3, 0.4) is 0 Å². The molecule has 1 aromatic rings. The number of sulfonamides is 1. The summed E-state index contributed by atoms with van der Waals surface area (Å²) in [7, 11) is -3.29. The molecule has 1 atom stereocenters. The third-order valence-electron chi connectivity index (χ3n) is 3.72. The zero-order valence-electron chi connectivity index (χ0n) is 13.5. The number of carboxylic acids is 1. The predicted molar refractivity (Wildman–Crippen MR) is 86.5 cm³/mol. The fourth-order valence-corrected chi connectivity index (χ4v) is 3.80. The Morgan fingerprint density at radius 2 is 2.04 bits per heavy atom. The van der Waals surface area contributed by atoms with Crippen LogP contribution in [-0.2, 0) is 14.8 Å². The van der Waals surface area contributed by atoms with Crippen LogP contribution in [0, 0.1) is 0 Å². The van der Waals surface area contributed by atoms with Gasteiger partial charge in [0.05, 0.1) is 6.26 Å². The van der Waals surface area contributed by atoms with E-state index < -0.39 is 22.6 Å². The van der Waals surface area contributed by atoms with Crippen molar-refractivity contribution in [2.24, 2.45) is 0 Å². The normalized spacial score (nSPS) is 19.1. The van der Waals surface area contributed by atoms with E-state index >= 15 is 0 Å². The second kappa shape index (κ2) is 7.18. The number of aliphatic carboxylic acids is 1. The van der Waals surface area contributed by atoms with Crippen LogP contribution in [-0.4, -0.2) is 73.1 Å². The van der Waals surface area contributed by atoms with Gasteiger partial charge in [0.15, 0.2) is 6.61 Å². The summed E-state index contributed by atoms with van der Waals surface area (Å²) in [5, 5.41) is 8.62. The van der Waals surface area contributed by atoms with Gasteiger partial charge < -0.3 is 14.7 Å². The molecular weight excluding hydrogens is 336 g/mol. The summed E-state index contributed by atoms with van der Waals surface area (Å²) >= 11 is 0. The monoisotopic (exact) mass is 356 g/mol. The molecule has 1 fully saturated rings. The van der Waals surface area contributed by atoms with Crippen molar-refractivity contribution in [1.82, 2.24) is 9.21 Å². The number of ether oxygens (including phenoxy) is 1. The quantitative estimate of drug-likeness (QED) is 0.811. The first-order valence-electron chi connectivity index (χ1n) is 7.39. The molecule has 1 N–H and O–H groups in total. The van der Waals surface area contributed by atoms with E-state index in [1.807, 2.05) is 0 Å². The number of hydrogen-bond acceptors (Lipinski definition) is 5. The van der Waals surface area contributed by atoms with Crippen molar-refractivity contribution in [3.05, 3.63) is 29.8 Å². The van der Waals surface area contributed by atoms with E-state index in [4.69, 9.17) is 9.84 Å². The molecule has 1 aliphatic heterocycles. The molecule has 0 saturated carbocycles. The summed E-state index contributed by atoms with van der Waals surface area (Å²) in [5.41, 5.74) is 0.373. The van der Waals surface area contributed by atoms with Crippen molar-refractivity contribution < 1.29 is 27.9 Å². The number of carboxylic acid groups (broad SMARTS) is 1. The topological polar surface area (TPSA) is 104 Å². The standard InChI is InChI=1S/C15H20N2O6S/c1-11-9-16(6-7-17(11)24(2,21)22)15(20)12-4-3-5-13(8-12)23-10-14(18)19/h3-5,8,11H,6-7,9-10H2,1-2H3,(H,18,19)/t11-/m0/s1. The van der Waals surface area contributed by atoms with Crippen LogP contribution in [0.25, 0.3) is 0 Å². The minimum atomic E-state index is -3.29. The Kier molecular flexibility index (Phi) is 5.45. The SMILES string of the molecule is C[C@H]1CN(C(=O)c2cccc(OCC(=O)O)c2)CCN1S(C)(=O)=O. The molecule has 9 heteroatoms. The predicted octanol–water partition coefficient (Wildman–Crippen LogP) is 0.256. The Balaban J connectivity index is 2.07. The Hall–Kier alpha value is -2.13. The molecule has 24 heavy (non-hydrogen) atoms. The van der Waals surface area contributed by atoms with Crippen LogP contribution < -0.4 is 4.74 Å². The van der Waals surface area contributed by atoms with E-state index in [0.29, 0.717) is 24.4 Å². The highest BCUT2D eigenvalue weighted by Crippen LogP contribution is 2.18. The molecular formula is C15H20N2O6S. The van der Waals surface area contributed by atoms with Crippen LogP contribution in [0.4, 0.5) is 0 Å². The Morgan fingerprint density at radius 3 is 2.62 bits per heavy atom. The smallest absolute Gasteiger partial charge is 0.341 e. The van der Waals surface area contributed by atoms with Crippen molar-refractivity contribution in [2.75, 3.05) is 32.5 Å². The largest absolute Gasteiger partial charge is 0.482 e. The molecule has 1 aromatic carbocycles. The lowest BCUT2D eigenvalue weighted by molar-refractivity contribution is -0.139. The van der Waals surface area contributed by atoms with E-state index in [9.17, 15) is 18.0 Å². The van der Waals surface area contributed by atoms with E-state index in [1.165, 1.54) is 10.4 Å². The van der Waals surface area contributed by atoms with Crippen LogP contribution in [0.1, 0.15) is 17.3 Å². The van der Waals surface area contributed by atoms with Gasteiger partial charge in [-0.25, -0.2) is 13.2 Å². The first kappa shape index (κ1) is 18.2. The number of carbonyl (C=O) groups excluding carboxylic acids is 1. The van der Waals surface area contributed by atoms with Gasteiger partial charge >= 0.3 is 5.97 Å². The van der Waals surface area contributed by atoms with Gasteiger partial charge in [-0.15, -0.1) is 0 Å². The zero-order chi connectivity index (χ0) is 17.9. The van der Waals surface area contributed by atoms with Crippen LogP contribution >= 0.6 is 0 Å². The van der Waals surface area contributed by atoms with Crippen molar-refractivity contribution in [2.45, 2.75) is 13.0 Å². The van der Waals surface area contributed by atoms with Gasteiger partial charge in [-0.05, 0) is 25.1 Å². The van der Waals surface area contributed by atoms with Crippen molar-refractivity contribution in [3.8, 4) is 5.75 Å². The summed E-state index contributed by atoms with van der Waals surface area (Å²) in [6.45, 7) is 2.12. The molecule has 132 valence electrons. The van der Waals surface area contributed by atoms with Gasteiger partial charge in [-0.3, -0.25) is 4.79 Å². The first-order valence-corrected chi connectivity index (χ1v) is 9.24. The maximum Gasteiger partial charge on any atom is 0.341 e. The van der Waals surface area contributed by atoms with E-state index in [2.05, 4.69) is 0 Å². The third-order valence-corrected chi connectivity index (χ3v) is 5.12. The fraction of sp³-hybridized carbons (Fsp3) is 0.467. The second-order valence-corrected chi connectivity index (χ2v) is 7.62. The maximum absolute atomic E-state index is 12.6. The summed E-state index contributed by atoms with van der Waals surface area (Å²) in [6.07, 6.45) is 1.16. The molecule has 0 unspecified atom stereocenters. The molecule has 0 aliphatic carbocycles. The second-order valence-electron chi connectivity index (χ2n) is 5.68. The fourth-order valence-electron chi connectivity index (χ4n) is 2.66. The van der Waals surface area contributed by atoms with Crippen LogP contribution in [0.5, 0.6) is 5.75 Å². The lowest BCUT2D eigenvalue weighted by Crippen LogP contribution is -2.55. The summed E-state index contributed by atoms with van der Waals surface area (Å²) < 4.78 is 29.8. The van der Waals surface area contributed by atoms with Crippen molar-refractivity contribution >= 4 is 21.9 Å². The lowest BCUT2D eigenvalue weighted by Gasteiger charge is -2.38. The van der Waals surface area contributed by atoms with E-state index in [1.54, 1.807) is 30.0 Å². The van der Waals surface area contributed by atoms with Gasteiger partial charge in [0, 0.05) is 31.2 Å². The maximum atomic E-state index is 12.6. The number of nitrogens with zero attached hydrogens (tertiary/aromatic N) is 2. The molecule has 0 aromatic heterocycles. The zero-order valence-corrected chi connectivity index (χ0v) is 14.3. The summed E-state index contributed by atoms with van der Waals surface area (Å²) in [6, 6.07) is 5.98. The minimum Gasteiger partial charge on any atom is -0.482 e. The summed E-state index contributed by atoms with van der Waals surface area (Å²) in [4.78, 5) is 24.7. The molecule has 2 rings (SSSR count). The Labute approximate surface area is 140 Å². The highest BCUT2D eigenvalue weighted by Gasteiger charge is 2.32. The van der Waals surface area contributed by atoms with Gasteiger partial charge in [0.2, 0.25) is 10.0 Å². The van der Waals surface area contributed by atoms with Crippen molar-refractivity contribution in [1.29, 1.82) is 0 Å².